The van der Waals surface area contributed by atoms with E-state index in [1.807, 2.05) is 24.3 Å². The highest BCUT2D eigenvalue weighted by atomic mass is 35.5. The molecule has 158 valence electrons. The van der Waals surface area contributed by atoms with E-state index < -0.39 is 5.92 Å². The van der Waals surface area contributed by atoms with E-state index in [-0.39, 0.29) is 18.2 Å². The Morgan fingerprint density at radius 2 is 1.80 bits per heavy atom. The number of nitrogens with zero attached hydrogens (tertiary/aromatic N) is 3. The fourth-order valence-electron chi connectivity index (χ4n) is 4.17. The normalized spacial score (nSPS) is 20.0. The summed E-state index contributed by atoms with van der Waals surface area (Å²) >= 11 is 6.23. The number of hydrogen-bond donors (Lipinski definition) is 1. The standard InChI is InChI=1S/C23H27ClN4O2/c1-16-13-18(7-8-20(16)27-11-9-26(2)10-12-27)25-23(30)17-14-22(29)28(15-17)21-6-4-3-5-19(21)24/h3-8,13,17H,9-12,14-15H2,1-2H3,(H,25,30). The highest BCUT2D eigenvalue weighted by Gasteiger charge is 2.36. The van der Waals surface area contributed by atoms with Crippen molar-refractivity contribution in [3.05, 3.63) is 53.1 Å². The van der Waals surface area contributed by atoms with Gasteiger partial charge in [0.2, 0.25) is 11.8 Å². The molecule has 0 aromatic heterocycles. The summed E-state index contributed by atoms with van der Waals surface area (Å²) in [4.78, 5) is 31.6. The van der Waals surface area contributed by atoms with E-state index in [2.05, 4.69) is 35.2 Å². The maximum atomic E-state index is 12.8. The van der Waals surface area contributed by atoms with Crippen LogP contribution in [0.5, 0.6) is 0 Å². The number of rotatable bonds is 4. The van der Waals surface area contributed by atoms with Crippen molar-refractivity contribution in [3.8, 4) is 0 Å². The number of halogens is 1. The second kappa shape index (κ2) is 8.66. The summed E-state index contributed by atoms with van der Waals surface area (Å²) in [7, 11) is 2.14. The summed E-state index contributed by atoms with van der Waals surface area (Å²) in [5, 5.41) is 3.51. The van der Waals surface area contributed by atoms with E-state index in [1.54, 1.807) is 17.0 Å². The number of likely N-dealkylation sites (N-methyl/N-ethyl adjacent to an activating group) is 1. The van der Waals surface area contributed by atoms with Gasteiger partial charge < -0.3 is 20.0 Å². The predicted octanol–water partition coefficient (Wildman–Crippen LogP) is 3.39. The smallest absolute Gasteiger partial charge is 0.229 e. The van der Waals surface area contributed by atoms with Gasteiger partial charge in [-0.05, 0) is 49.9 Å². The predicted molar refractivity (Wildman–Crippen MR) is 121 cm³/mol. The molecule has 1 atom stereocenters. The van der Waals surface area contributed by atoms with E-state index in [1.165, 1.54) is 5.69 Å². The van der Waals surface area contributed by atoms with Crippen molar-refractivity contribution < 1.29 is 9.59 Å². The molecule has 4 rings (SSSR count). The Bertz CT molecular complexity index is 956. The summed E-state index contributed by atoms with van der Waals surface area (Å²) in [5.41, 5.74) is 3.77. The Labute approximate surface area is 182 Å². The van der Waals surface area contributed by atoms with Crippen molar-refractivity contribution in [2.24, 2.45) is 5.92 Å². The minimum Gasteiger partial charge on any atom is -0.369 e. The fourth-order valence-corrected chi connectivity index (χ4v) is 4.40. The second-order valence-corrected chi connectivity index (χ2v) is 8.54. The van der Waals surface area contributed by atoms with Gasteiger partial charge in [-0.2, -0.15) is 0 Å². The Hall–Kier alpha value is -2.57. The highest BCUT2D eigenvalue weighted by molar-refractivity contribution is 6.33. The molecule has 2 saturated heterocycles. The van der Waals surface area contributed by atoms with Crippen molar-refractivity contribution in [2.75, 3.05) is 54.9 Å². The van der Waals surface area contributed by atoms with E-state index >= 15 is 0 Å². The molecule has 7 heteroatoms. The van der Waals surface area contributed by atoms with Gasteiger partial charge in [0.15, 0.2) is 0 Å². The van der Waals surface area contributed by atoms with Gasteiger partial charge >= 0.3 is 0 Å². The molecular weight excluding hydrogens is 400 g/mol. The van der Waals surface area contributed by atoms with Gasteiger partial charge in [-0.1, -0.05) is 23.7 Å². The van der Waals surface area contributed by atoms with Crippen LogP contribution in [0.15, 0.2) is 42.5 Å². The minimum absolute atomic E-state index is 0.0788. The lowest BCUT2D eigenvalue weighted by Crippen LogP contribution is -2.44. The van der Waals surface area contributed by atoms with Crippen LogP contribution in [-0.2, 0) is 9.59 Å². The lowest BCUT2D eigenvalue weighted by atomic mass is 10.1. The molecule has 0 bridgehead atoms. The first-order valence-electron chi connectivity index (χ1n) is 10.3. The average molecular weight is 427 g/mol. The third kappa shape index (κ3) is 4.30. The number of piperazine rings is 1. The Morgan fingerprint density at radius 1 is 1.07 bits per heavy atom. The zero-order chi connectivity index (χ0) is 21.3. The van der Waals surface area contributed by atoms with Crippen molar-refractivity contribution >= 4 is 40.5 Å². The first kappa shape index (κ1) is 20.7. The number of nitrogens with one attached hydrogen (secondary N) is 1. The molecule has 0 saturated carbocycles. The zero-order valence-corrected chi connectivity index (χ0v) is 18.2. The lowest BCUT2D eigenvalue weighted by Gasteiger charge is -2.35. The molecule has 2 amide bonds. The third-order valence-corrected chi connectivity index (χ3v) is 6.27. The fraction of sp³-hybridized carbons (Fsp3) is 0.391. The quantitative estimate of drug-likeness (QED) is 0.814. The van der Waals surface area contributed by atoms with Crippen LogP contribution in [0, 0.1) is 12.8 Å². The van der Waals surface area contributed by atoms with Gasteiger partial charge in [-0.15, -0.1) is 0 Å². The van der Waals surface area contributed by atoms with Crippen molar-refractivity contribution in [3.63, 3.8) is 0 Å². The number of para-hydroxylation sites is 1. The summed E-state index contributed by atoms with van der Waals surface area (Å²) < 4.78 is 0. The van der Waals surface area contributed by atoms with Crippen molar-refractivity contribution in [1.29, 1.82) is 0 Å². The van der Waals surface area contributed by atoms with E-state index in [0.29, 0.717) is 17.3 Å². The van der Waals surface area contributed by atoms with Crippen LogP contribution in [0.4, 0.5) is 17.1 Å². The monoisotopic (exact) mass is 426 g/mol. The lowest BCUT2D eigenvalue weighted by molar-refractivity contribution is -0.122. The molecular formula is C23H27ClN4O2. The number of hydrogen-bond acceptors (Lipinski definition) is 4. The topological polar surface area (TPSA) is 55.9 Å². The van der Waals surface area contributed by atoms with Gasteiger partial charge in [-0.25, -0.2) is 0 Å². The van der Waals surface area contributed by atoms with E-state index in [9.17, 15) is 9.59 Å². The molecule has 0 aliphatic carbocycles. The second-order valence-electron chi connectivity index (χ2n) is 8.14. The van der Waals surface area contributed by atoms with Crippen molar-refractivity contribution in [2.45, 2.75) is 13.3 Å². The Morgan fingerprint density at radius 3 is 2.50 bits per heavy atom. The number of carbonyl (C=O) groups is 2. The summed E-state index contributed by atoms with van der Waals surface area (Å²) in [5.74, 6) is -0.610. The van der Waals surface area contributed by atoms with Gasteiger partial charge in [0, 0.05) is 50.5 Å². The molecule has 2 aliphatic rings. The molecule has 30 heavy (non-hydrogen) atoms. The van der Waals surface area contributed by atoms with Gasteiger partial charge in [0.25, 0.3) is 0 Å². The molecule has 0 radical (unpaired) electrons. The van der Waals surface area contributed by atoms with E-state index in [4.69, 9.17) is 11.6 Å². The molecule has 2 aromatic carbocycles. The number of aryl methyl sites for hydroxylation is 1. The highest BCUT2D eigenvalue weighted by Crippen LogP contribution is 2.32. The number of benzene rings is 2. The number of carbonyl (C=O) groups excluding carboxylic acids is 2. The first-order valence-corrected chi connectivity index (χ1v) is 10.7. The minimum atomic E-state index is -0.397. The van der Waals surface area contributed by atoms with Gasteiger partial charge in [-0.3, -0.25) is 9.59 Å². The molecule has 2 fully saturated rings. The molecule has 0 spiro atoms. The average Bonchev–Trinajstić information content (AvgIpc) is 3.11. The Balaban J connectivity index is 1.41. The number of anilines is 3. The van der Waals surface area contributed by atoms with Crippen LogP contribution in [0.1, 0.15) is 12.0 Å². The van der Waals surface area contributed by atoms with Crippen LogP contribution in [0.3, 0.4) is 0 Å². The molecule has 6 nitrogen and oxygen atoms in total. The maximum absolute atomic E-state index is 12.8. The molecule has 1 unspecified atom stereocenters. The Kier molecular flexibility index (Phi) is 5.97. The number of amides is 2. The largest absolute Gasteiger partial charge is 0.369 e. The third-order valence-electron chi connectivity index (χ3n) is 5.95. The van der Waals surface area contributed by atoms with Crippen LogP contribution >= 0.6 is 11.6 Å². The zero-order valence-electron chi connectivity index (χ0n) is 17.4. The van der Waals surface area contributed by atoms with Crippen molar-refractivity contribution in [1.82, 2.24) is 4.90 Å². The first-order chi connectivity index (χ1) is 14.4. The van der Waals surface area contributed by atoms with E-state index in [0.717, 1.165) is 37.4 Å². The van der Waals surface area contributed by atoms with Crippen LogP contribution < -0.4 is 15.1 Å². The summed E-state index contributed by atoms with van der Waals surface area (Å²) in [6.07, 6.45) is 0.190. The van der Waals surface area contributed by atoms with Gasteiger partial charge in [0.1, 0.15) is 0 Å². The van der Waals surface area contributed by atoms with Gasteiger partial charge in [0.05, 0.1) is 16.6 Å². The SMILES string of the molecule is Cc1cc(NC(=O)C2CC(=O)N(c3ccccc3Cl)C2)ccc1N1CCN(C)CC1. The summed E-state index contributed by atoms with van der Waals surface area (Å²) in [6, 6.07) is 13.3. The maximum Gasteiger partial charge on any atom is 0.229 e. The van der Waals surface area contributed by atoms with Crippen LogP contribution in [0.25, 0.3) is 0 Å². The molecule has 2 aliphatic heterocycles. The molecule has 2 aromatic rings. The molecule has 2 heterocycles. The summed E-state index contributed by atoms with van der Waals surface area (Å²) in [6.45, 7) is 6.52. The van der Waals surface area contributed by atoms with Crippen LogP contribution in [0.2, 0.25) is 5.02 Å². The van der Waals surface area contributed by atoms with Crippen LogP contribution in [-0.4, -0.2) is 56.5 Å². The molecule has 1 N–H and O–H groups in total.